The molecule has 0 unspecified atom stereocenters. The molecule has 0 bridgehead atoms. The Kier molecular flexibility index (Phi) is 5.78. The van der Waals surface area contributed by atoms with Crippen molar-refractivity contribution in [3.63, 3.8) is 0 Å². The van der Waals surface area contributed by atoms with Crippen LogP contribution in [0.5, 0.6) is 0 Å². The summed E-state index contributed by atoms with van der Waals surface area (Å²) in [6, 6.07) is 8.10. The number of amides is 2. The second-order valence-electron chi connectivity index (χ2n) is 6.74. The fraction of sp³-hybridized carbons (Fsp3) is 0.300. The first-order chi connectivity index (χ1) is 14.0. The van der Waals surface area contributed by atoms with Gasteiger partial charge in [0, 0.05) is 37.3 Å². The fourth-order valence-electron chi connectivity index (χ4n) is 3.13. The SMILES string of the molecule is O=C(c1cccc(C(F)(F)F)c1)N1CCN(C(=O)c2cccc(C(F)(F)F)c2)CC1. The summed E-state index contributed by atoms with van der Waals surface area (Å²) in [6.07, 6.45) is -9.15. The minimum Gasteiger partial charge on any atom is -0.335 e. The Morgan fingerprint density at radius 3 is 1.27 bits per heavy atom. The zero-order chi connectivity index (χ0) is 22.1. The molecule has 10 heteroatoms. The van der Waals surface area contributed by atoms with Gasteiger partial charge in [-0.05, 0) is 36.4 Å². The van der Waals surface area contributed by atoms with Crippen molar-refractivity contribution < 1.29 is 35.9 Å². The maximum absolute atomic E-state index is 12.8. The highest BCUT2D eigenvalue weighted by Gasteiger charge is 2.33. The third kappa shape index (κ3) is 4.74. The van der Waals surface area contributed by atoms with Gasteiger partial charge in [0.15, 0.2) is 0 Å². The van der Waals surface area contributed by atoms with Crippen molar-refractivity contribution in [3.05, 3.63) is 70.8 Å². The van der Waals surface area contributed by atoms with Gasteiger partial charge in [-0.2, -0.15) is 26.3 Å². The molecular weight excluding hydrogens is 414 g/mol. The normalized spacial score (nSPS) is 15.3. The monoisotopic (exact) mass is 430 g/mol. The molecule has 2 aromatic carbocycles. The van der Waals surface area contributed by atoms with Gasteiger partial charge in [0.1, 0.15) is 0 Å². The van der Waals surface area contributed by atoms with E-state index in [0.717, 1.165) is 36.4 Å². The van der Waals surface area contributed by atoms with E-state index in [4.69, 9.17) is 0 Å². The molecule has 1 heterocycles. The Balaban J connectivity index is 1.66. The van der Waals surface area contributed by atoms with E-state index in [-0.39, 0.29) is 37.3 Å². The summed E-state index contributed by atoms with van der Waals surface area (Å²) < 4.78 is 77.0. The second kappa shape index (κ2) is 8.00. The van der Waals surface area contributed by atoms with Gasteiger partial charge in [-0.15, -0.1) is 0 Å². The van der Waals surface area contributed by atoms with Crippen LogP contribution in [0.3, 0.4) is 0 Å². The summed E-state index contributed by atoms with van der Waals surface area (Å²) >= 11 is 0. The summed E-state index contributed by atoms with van der Waals surface area (Å²) in [6.45, 7) is 0.221. The quantitative estimate of drug-likeness (QED) is 0.666. The first-order valence-electron chi connectivity index (χ1n) is 8.90. The van der Waals surface area contributed by atoms with Gasteiger partial charge in [-0.25, -0.2) is 0 Å². The van der Waals surface area contributed by atoms with Crippen LogP contribution in [0.1, 0.15) is 31.8 Å². The van der Waals surface area contributed by atoms with E-state index in [9.17, 15) is 35.9 Å². The summed E-state index contributed by atoms with van der Waals surface area (Å²) in [5.74, 6) is -1.21. The van der Waals surface area contributed by atoms with Crippen LogP contribution >= 0.6 is 0 Å². The fourth-order valence-corrected chi connectivity index (χ4v) is 3.13. The van der Waals surface area contributed by atoms with Crippen molar-refractivity contribution in [3.8, 4) is 0 Å². The van der Waals surface area contributed by atoms with Gasteiger partial charge in [-0.3, -0.25) is 9.59 Å². The Morgan fingerprint density at radius 2 is 0.967 bits per heavy atom. The lowest BCUT2D eigenvalue weighted by molar-refractivity contribution is -0.138. The maximum atomic E-state index is 12.8. The number of alkyl halides is 6. The van der Waals surface area contributed by atoms with Crippen LogP contribution in [-0.2, 0) is 12.4 Å². The molecule has 1 aliphatic rings. The second-order valence-corrected chi connectivity index (χ2v) is 6.74. The lowest BCUT2D eigenvalue weighted by atomic mass is 10.1. The molecule has 3 rings (SSSR count). The molecule has 0 saturated carbocycles. The van der Waals surface area contributed by atoms with Crippen molar-refractivity contribution in [1.29, 1.82) is 0 Å². The number of piperazine rings is 1. The Labute approximate surface area is 167 Å². The van der Waals surface area contributed by atoms with Gasteiger partial charge in [0.25, 0.3) is 11.8 Å². The van der Waals surface area contributed by atoms with Gasteiger partial charge in [0.2, 0.25) is 0 Å². The highest BCUT2D eigenvalue weighted by Crippen LogP contribution is 2.31. The standard InChI is InChI=1S/C20H16F6N2O2/c21-19(22,23)15-5-1-3-13(11-15)17(29)27-7-9-28(10-8-27)18(30)14-4-2-6-16(12-14)20(24,25)26/h1-6,11-12H,7-10H2. The predicted octanol–water partition coefficient (Wildman–Crippen LogP) is 4.32. The van der Waals surface area contributed by atoms with Crippen LogP contribution < -0.4 is 0 Å². The number of nitrogens with zero attached hydrogens (tertiary/aromatic N) is 2. The average Bonchev–Trinajstić information content (AvgIpc) is 2.72. The smallest absolute Gasteiger partial charge is 0.335 e. The lowest BCUT2D eigenvalue weighted by Gasteiger charge is -2.35. The number of rotatable bonds is 2. The van der Waals surface area contributed by atoms with Gasteiger partial charge in [-0.1, -0.05) is 12.1 Å². The van der Waals surface area contributed by atoms with E-state index in [1.165, 1.54) is 21.9 Å². The van der Waals surface area contributed by atoms with Gasteiger partial charge in [0.05, 0.1) is 11.1 Å². The van der Waals surface area contributed by atoms with E-state index in [1.54, 1.807) is 0 Å². The minimum absolute atomic E-state index is 0.0553. The molecule has 0 N–H and O–H groups in total. The molecule has 0 atom stereocenters. The Morgan fingerprint density at radius 1 is 0.633 bits per heavy atom. The molecule has 0 aromatic heterocycles. The number of hydrogen-bond donors (Lipinski definition) is 0. The summed E-state index contributed by atoms with van der Waals surface area (Å²) in [4.78, 5) is 27.6. The van der Waals surface area contributed by atoms with E-state index in [2.05, 4.69) is 0 Å². The van der Waals surface area contributed by atoms with Crippen LogP contribution in [0.15, 0.2) is 48.5 Å². The van der Waals surface area contributed by atoms with E-state index in [0.29, 0.717) is 0 Å². The molecule has 1 fully saturated rings. The summed E-state index contributed by atoms with van der Waals surface area (Å²) in [7, 11) is 0. The molecule has 1 aliphatic heterocycles. The molecule has 4 nitrogen and oxygen atoms in total. The number of carbonyl (C=O) groups excluding carboxylic acids is 2. The third-order valence-corrected chi connectivity index (χ3v) is 4.73. The lowest BCUT2D eigenvalue weighted by Crippen LogP contribution is -2.50. The van der Waals surface area contributed by atoms with Gasteiger partial charge >= 0.3 is 12.4 Å². The average molecular weight is 430 g/mol. The number of halogens is 6. The van der Waals surface area contributed by atoms with Crippen LogP contribution in [0, 0.1) is 0 Å². The zero-order valence-corrected chi connectivity index (χ0v) is 15.4. The highest BCUT2D eigenvalue weighted by atomic mass is 19.4. The Hall–Kier alpha value is -3.04. The summed E-state index contributed by atoms with van der Waals surface area (Å²) in [5, 5.41) is 0. The first kappa shape index (κ1) is 21.7. The van der Waals surface area contributed by atoms with Gasteiger partial charge < -0.3 is 9.80 Å². The predicted molar refractivity (Wildman–Crippen MR) is 94.7 cm³/mol. The Bertz CT molecular complexity index is 869. The molecule has 0 aliphatic carbocycles. The minimum atomic E-state index is -4.58. The molecule has 30 heavy (non-hydrogen) atoms. The van der Waals surface area contributed by atoms with Crippen LogP contribution in [-0.4, -0.2) is 47.8 Å². The summed E-state index contributed by atoms with van der Waals surface area (Å²) in [5.41, 5.74) is -2.12. The van der Waals surface area contributed by atoms with Crippen LogP contribution in [0.25, 0.3) is 0 Å². The van der Waals surface area contributed by atoms with Crippen molar-refractivity contribution in [1.82, 2.24) is 9.80 Å². The van der Waals surface area contributed by atoms with E-state index >= 15 is 0 Å². The molecule has 2 aromatic rings. The zero-order valence-electron chi connectivity index (χ0n) is 15.4. The molecular formula is C20H16F6N2O2. The molecule has 0 spiro atoms. The highest BCUT2D eigenvalue weighted by molar-refractivity contribution is 5.96. The van der Waals surface area contributed by atoms with Crippen LogP contribution in [0.2, 0.25) is 0 Å². The molecule has 1 saturated heterocycles. The molecule has 2 amide bonds. The molecule has 0 radical (unpaired) electrons. The molecule has 160 valence electrons. The van der Waals surface area contributed by atoms with Crippen LogP contribution in [0.4, 0.5) is 26.3 Å². The van der Waals surface area contributed by atoms with E-state index < -0.39 is 35.3 Å². The maximum Gasteiger partial charge on any atom is 0.416 e. The van der Waals surface area contributed by atoms with Crippen molar-refractivity contribution in [2.24, 2.45) is 0 Å². The number of hydrogen-bond acceptors (Lipinski definition) is 2. The van der Waals surface area contributed by atoms with Crippen molar-refractivity contribution >= 4 is 11.8 Å². The number of carbonyl (C=O) groups is 2. The van der Waals surface area contributed by atoms with Crippen molar-refractivity contribution in [2.75, 3.05) is 26.2 Å². The number of benzene rings is 2. The largest absolute Gasteiger partial charge is 0.416 e. The first-order valence-corrected chi connectivity index (χ1v) is 8.90. The van der Waals surface area contributed by atoms with Crippen molar-refractivity contribution in [2.45, 2.75) is 12.4 Å². The topological polar surface area (TPSA) is 40.6 Å². The third-order valence-electron chi connectivity index (χ3n) is 4.73. The van der Waals surface area contributed by atoms with E-state index in [1.807, 2.05) is 0 Å².